The normalized spacial score (nSPS) is 15.9. The number of anilines is 2. The average Bonchev–Trinajstić information content (AvgIpc) is 3.22. The maximum atomic E-state index is 12.4. The quantitative estimate of drug-likeness (QED) is 0.573. The zero-order chi connectivity index (χ0) is 20.6. The van der Waals surface area contributed by atoms with Gasteiger partial charge in [0.15, 0.2) is 0 Å². The van der Waals surface area contributed by atoms with E-state index in [0.29, 0.717) is 28.7 Å². The Labute approximate surface area is 175 Å². The number of amides is 3. The third kappa shape index (κ3) is 6.80. The molecule has 1 aliphatic rings. The van der Waals surface area contributed by atoms with E-state index >= 15 is 0 Å². The van der Waals surface area contributed by atoms with Gasteiger partial charge in [0.25, 0.3) is 5.91 Å². The van der Waals surface area contributed by atoms with E-state index in [2.05, 4.69) is 29.8 Å². The Morgan fingerprint density at radius 2 is 1.69 bits per heavy atom. The number of urea groups is 1. The highest BCUT2D eigenvalue weighted by Crippen LogP contribution is 2.23. The smallest absolute Gasteiger partial charge is 0.319 e. The number of hydrogen-bond donors (Lipinski definition) is 3. The summed E-state index contributed by atoms with van der Waals surface area (Å²) in [5.41, 5.74) is 1.93. The van der Waals surface area contributed by atoms with Gasteiger partial charge < -0.3 is 20.7 Å². The molecule has 0 aliphatic carbocycles. The summed E-state index contributed by atoms with van der Waals surface area (Å²) in [5.74, 6) is -0.166. The van der Waals surface area contributed by atoms with Crippen LogP contribution < -0.4 is 16.0 Å². The molecule has 3 amide bonds. The number of benzene rings is 2. The van der Waals surface area contributed by atoms with Crippen molar-refractivity contribution >= 4 is 35.1 Å². The molecule has 6 nitrogen and oxygen atoms in total. The molecule has 3 N–H and O–H groups in total. The second kappa shape index (κ2) is 10.3. The van der Waals surface area contributed by atoms with Crippen LogP contribution in [0.25, 0.3) is 0 Å². The van der Waals surface area contributed by atoms with Crippen LogP contribution in [0.15, 0.2) is 53.4 Å². The first-order valence-corrected chi connectivity index (χ1v) is 10.7. The third-order valence-electron chi connectivity index (χ3n) is 4.40. The second-order valence-corrected chi connectivity index (χ2v) is 8.84. The summed E-state index contributed by atoms with van der Waals surface area (Å²) in [4.78, 5) is 25.5. The van der Waals surface area contributed by atoms with Gasteiger partial charge in [-0.15, -0.1) is 11.8 Å². The largest absolute Gasteiger partial charge is 0.376 e. The number of rotatable bonds is 7. The summed E-state index contributed by atoms with van der Waals surface area (Å²) in [6, 6.07) is 14.3. The van der Waals surface area contributed by atoms with E-state index in [1.54, 1.807) is 36.0 Å². The standard InChI is InChI=1S/C22H27N3O3S/c1-15(2)29-20-11-5-16(6-12-20)21(26)24-17-7-9-18(10-8-17)25-22(27)23-14-19-4-3-13-28-19/h5-12,15,19H,3-4,13-14H2,1-2H3,(H,24,26)(H2,23,25,27). The Morgan fingerprint density at radius 3 is 2.28 bits per heavy atom. The van der Waals surface area contributed by atoms with Gasteiger partial charge in [-0.3, -0.25) is 4.79 Å². The molecule has 0 saturated carbocycles. The number of carbonyl (C=O) groups is 2. The lowest BCUT2D eigenvalue weighted by atomic mass is 10.2. The molecule has 1 atom stereocenters. The number of hydrogen-bond acceptors (Lipinski definition) is 4. The average molecular weight is 414 g/mol. The summed E-state index contributed by atoms with van der Waals surface area (Å²) in [6.07, 6.45) is 2.13. The molecule has 0 aromatic heterocycles. The first-order chi connectivity index (χ1) is 14.0. The van der Waals surface area contributed by atoms with Crippen LogP contribution in [0, 0.1) is 0 Å². The summed E-state index contributed by atoms with van der Waals surface area (Å²) >= 11 is 1.76. The van der Waals surface area contributed by atoms with Crippen LogP contribution in [-0.2, 0) is 4.74 Å². The number of carbonyl (C=O) groups excluding carboxylic acids is 2. The van der Waals surface area contributed by atoms with E-state index in [1.807, 2.05) is 24.3 Å². The Hall–Kier alpha value is -2.51. The highest BCUT2D eigenvalue weighted by atomic mass is 32.2. The van der Waals surface area contributed by atoms with Crippen LogP contribution in [0.2, 0.25) is 0 Å². The molecule has 0 spiro atoms. The van der Waals surface area contributed by atoms with E-state index < -0.39 is 0 Å². The van der Waals surface area contributed by atoms with E-state index in [1.165, 1.54) is 0 Å². The van der Waals surface area contributed by atoms with Crippen molar-refractivity contribution < 1.29 is 14.3 Å². The molecule has 154 valence electrons. The maximum Gasteiger partial charge on any atom is 0.319 e. The minimum absolute atomic E-state index is 0.108. The molecule has 1 fully saturated rings. The minimum Gasteiger partial charge on any atom is -0.376 e. The van der Waals surface area contributed by atoms with Crippen molar-refractivity contribution in [3.63, 3.8) is 0 Å². The Bertz CT molecular complexity index is 816. The molecule has 1 unspecified atom stereocenters. The van der Waals surface area contributed by atoms with Gasteiger partial charge in [-0.25, -0.2) is 4.79 Å². The van der Waals surface area contributed by atoms with Crippen LogP contribution in [-0.4, -0.2) is 36.4 Å². The molecule has 0 radical (unpaired) electrons. The zero-order valence-corrected chi connectivity index (χ0v) is 17.6. The molecule has 1 aliphatic heterocycles. The lowest BCUT2D eigenvalue weighted by Gasteiger charge is -2.12. The van der Waals surface area contributed by atoms with E-state index in [-0.39, 0.29) is 18.0 Å². The molecule has 0 bridgehead atoms. The molecule has 7 heteroatoms. The molecule has 2 aromatic carbocycles. The summed E-state index contributed by atoms with van der Waals surface area (Å²) in [6.45, 7) is 5.55. The van der Waals surface area contributed by atoms with Gasteiger partial charge in [0.2, 0.25) is 0 Å². The SMILES string of the molecule is CC(C)Sc1ccc(C(=O)Nc2ccc(NC(=O)NCC3CCCO3)cc2)cc1. The highest BCUT2D eigenvalue weighted by molar-refractivity contribution is 7.99. The van der Waals surface area contributed by atoms with Crippen LogP contribution in [0.5, 0.6) is 0 Å². The minimum atomic E-state index is -0.267. The molecule has 3 rings (SSSR count). The van der Waals surface area contributed by atoms with Crippen molar-refractivity contribution in [2.75, 3.05) is 23.8 Å². The number of nitrogens with one attached hydrogen (secondary N) is 3. The van der Waals surface area contributed by atoms with Crippen molar-refractivity contribution in [3.05, 3.63) is 54.1 Å². The topological polar surface area (TPSA) is 79.5 Å². The molecule has 1 saturated heterocycles. The predicted molar refractivity (Wildman–Crippen MR) is 118 cm³/mol. The number of ether oxygens (including phenoxy) is 1. The van der Waals surface area contributed by atoms with Crippen molar-refractivity contribution in [1.82, 2.24) is 5.32 Å². The van der Waals surface area contributed by atoms with Crippen LogP contribution in [0.1, 0.15) is 37.0 Å². The molecule has 29 heavy (non-hydrogen) atoms. The summed E-state index contributed by atoms with van der Waals surface area (Å²) < 4.78 is 5.48. The molecular formula is C22H27N3O3S. The van der Waals surface area contributed by atoms with Crippen LogP contribution in [0.3, 0.4) is 0 Å². The van der Waals surface area contributed by atoms with Gasteiger partial charge >= 0.3 is 6.03 Å². The van der Waals surface area contributed by atoms with Crippen molar-refractivity contribution in [3.8, 4) is 0 Å². The first kappa shape index (κ1) is 21.2. The first-order valence-electron chi connectivity index (χ1n) is 9.84. The van der Waals surface area contributed by atoms with E-state index in [9.17, 15) is 9.59 Å². The fourth-order valence-corrected chi connectivity index (χ4v) is 3.82. The van der Waals surface area contributed by atoms with Crippen molar-refractivity contribution in [2.24, 2.45) is 0 Å². The highest BCUT2D eigenvalue weighted by Gasteiger charge is 2.16. The van der Waals surface area contributed by atoms with Crippen molar-refractivity contribution in [2.45, 2.75) is 42.9 Å². The Kier molecular flexibility index (Phi) is 7.55. The summed E-state index contributed by atoms with van der Waals surface area (Å²) in [7, 11) is 0. The predicted octanol–water partition coefficient (Wildman–Crippen LogP) is 4.74. The van der Waals surface area contributed by atoms with Gasteiger partial charge in [-0.05, 0) is 61.4 Å². The Balaban J connectivity index is 1.47. The Morgan fingerprint density at radius 1 is 1.03 bits per heavy atom. The third-order valence-corrected chi connectivity index (χ3v) is 5.42. The van der Waals surface area contributed by atoms with Gasteiger partial charge in [0.05, 0.1) is 6.10 Å². The van der Waals surface area contributed by atoms with Gasteiger partial charge in [-0.1, -0.05) is 13.8 Å². The zero-order valence-electron chi connectivity index (χ0n) is 16.7. The monoisotopic (exact) mass is 413 g/mol. The lowest BCUT2D eigenvalue weighted by molar-refractivity contribution is 0.102. The second-order valence-electron chi connectivity index (χ2n) is 7.19. The van der Waals surface area contributed by atoms with Crippen LogP contribution in [0.4, 0.5) is 16.2 Å². The van der Waals surface area contributed by atoms with Gasteiger partial charge in [0, 0.05) is 40.2 Å². The molecular weight excluding hydrogens is 386 g/mol. The summed E-state index contributed by atoms with van der Waals surface area (Å²) in [5, 5.41) is 8.96. The van der Waals surface area contributed by atoms with Gasteiger partial charge in [0.1, 0.15) is 0 Å². The fourth-order valence-electron chi connectivity index (χ4n) is 2.98. The van der Waals surface area contributed by atoms with E-state index in [4.69, 9.17) is 4.74 Å². The van der Waals surface area contributed by atoms with Crippen molar-refractivity contribution in [1.29, 1.82) is 0 Å². The number of thioether (sulfide) groups is 1. The molecule has 2 aromatic rings. The fraction of sp³-hybridized carbons (Fsp3) is 0.364. The maximum absolute atomic E-state index is 12.4. The van der Waals surface area contributed by atoms with Crippen LogP contribution >= 0.6 is 11.8 Å². The van der Waals surface area contributed by atoms with E-state index in [0.717, 1.165) is 24.3 Å². The van der Waals surface area contributed by atoms with Gasteiger partial charge in [-0.2, -0.15) is 0 Å². The lowest BCUT2D eigenvalue weighted by Crippen LogP contribution is -2.35. The molecule has 1 heterocycles.